The number of hydrogen-bond acceptors (Lipinski definition) is 5. The maximum absolute atomic E-state index is 13.4. The average molecular weight is 364 g/mol. The Kier molecular flexibility index (Phi) is 3.54. The van der Waals surface area contributed by atoms with Gasteiger partial charge in [0.25, 0.3) is 0 Å². The number of aromatic amines is 1. The summed E-state index contributed by atoms with van der Waals surface area (Å²) in [5.41, 5.74) is 5.77. The van der Waals surface area contributed by atoms with Crippen molar-refractivity contribution in [3.8, 4) is 22.5 Å². The van der Waals surface area contributed by atoms with Gasteiger partial charge in [-0.25, -0.2) is 9.37 Å². The van der Waals surface area contributed by atoms with Crippen molar-refractivity contribution in [2.45, 2.75) is 33.1 Å². The van der Waals surface area contributed by atoms with E-state index in [1.165, 1.54) is 12.3 Å². The predicted molar refractivity (Wildman–Crippen MR) is 97.3 cm³/mol. The van der Waals surface area contributed by atoms with Crippen molar-refractivity contribution in [2.24, 2.45) is 0 Å². The first-order valence-corrected chi connectivity index (χ1v) is 8.74. The molecule has 8 heteroatoms. The Labute approximate surface area is 154 Å². The smallest absolute Gasteiger partial charge is 0.155 e. The van der Waals surface area contributed by atoms with Crippen molar-refractivity contribution in [1.82, 2.24) is 29.9 Å². The van der Waals surface area contributed by atoms with Gasteiger partial charge in [0.15, 0.2) is 5.65 Å². The number of halogens is 1. The van der Waals surface area contributed by atoms with E-state index in [0.717, 1.165) is 27.9 Å². The van der Waals surface area contributed by atoms with Gasteiger partial charge < -0.3 is 4.74 Å². The summed E-state index contributed by atoms with van der Waals surface area (Å²) >= 11 is 0. The van der Waals surface area contributed by atoms with Gasteiger partial charge in [-0.3, -0.25) is 14.8 Å². The Balaban J connectivity index is 1.82. The third-order valence-electron chi connectivity index (χ3n) is 4.78. The molecular formula is C19H17FN6O. The Bertz CT molecular complexity index is 1150. The third-order valence-corrected chi connectivity index (χ3v) is 4.78. The van der Waals surface area contributed by atoms with Crippen molar-refractivity contribution < 1.29 is 9.13 Å². The lowest BCUT2D eigenvalue weighted by atomic mass is 9.98. The van der Waals surface area contributed by atoms with Crippen LogP contribution in [0, 0.1) is 12.7 Å². The van der Waals surface area contributed by atoms with Crippen LogP contribution in [-0.2, 0) is 17.9 Å². The van der Waals surface area contributed by atoms with Gasteiger partial charge >= 0.3 is 0 Å². The molecule has 0 bridgehead atoms. The van der Waals surface area contributed by atoms with Crippen LogP contribution < -0.4 is 0 Å². The zero-order valence-corrected chi connectivity index (χ0v) is 14.9. The number of fused-ring (bicyclic) bond motifs is 2. The molecule has 0 amide bonds. The molecule has 5 rings (SSSR count). The van der Waals surface area contributed by atoms with Gasteiger partial charge in [-0.15, -0.1) is 0 Å². The highest BCUT2D eigenvalue weighted by Crippen LogP contribution is 2.39. The number of nitrogens with one attached hydrogen (secondary N) is 1. The summed E-state index contributed by atoms with van der Waals surface area (Å²) < 4.78 is 21.2. The fourth-order valence-electron chi connectivity index (χ4n) is 3.55. The van der Waals surface area contributed by atoms with Crippen LogP contribution in [0.4, 0.5) is 4.39 Å². The van der Waals surface area contributed by atoms with Gasteiger partial charge in [0.1, 0.15) is 11.5 Å². The molecule has 1 atom stereocenters. The van der Waals surface area contributed by atoms with E-state index in [1.54, 1.807) is 12.3 Å². The lowest BCUT2D eigenvalue weighted by Crippen LogP contribution is -2.25. The molecule has 0 aromatic carbocycles. The zero-order chi connectivity index (χ0) is 18.5. The van der Waals surface area contributed by atoms with Crippen LogP contribution in [0.1, 0.15) is 18.3 Å². The summed E-state index contributed by atoms with van der Waals surface area (Å²) in [5.74, 6) is -0.377. The molecule has 0 aliphatic carbocycles. The number of pyridine rings is 2. The highest BCUT2D eigenvalue weighted by atomic mass is 19.1. The molecule has 1 aliphatic heterocycles. The number of hydrogen-bond donors (Lipinski definition) is 1. The van der Waals surface area contributed by atoms with Gasteiger partial charge in [-0.05, 0) is 32.0 Å². The van der Waals surface area contributed by atoms with Crippen LogP contribution in [0.2, 0.25) is 0 Å². The second-order valence-electron chi connectivity index (χ2n) is 6.78. The summed E-state index contributed by atoms with van der Waals surface area (Å²) in [6.45, 7) is 5.06. The van der Waals surface area contributed by atoms with Gasteiger partial charge in [0.2, 0.25) is 0 Å². The zero-order valence-electron chi connectivity index (χ0n) is 14.9. The molecule has 0 spiro atoms. The number of rotatable bonds is 2. The number of ether oxygens (including phenoxy) is 1. The normalized spacial score (nSPS) is 16.6. The number of nitrogens with zero attached hydrogens (tertiary/aromatic N) is 5. The molecule has 0 unspecified atom stereocenters. The van der Waals surface area contributed by atoms with E-state index in [1.807, 2.05) is 24.6 Å². The van der Waals surface area contributed by atoms with Crippen LogP contribution in [0.25, 0.3) is 33.5 Å². The molecule has 0 radical (unpaired) electrons. The van der Waals surface area contributed by atoms with Gasteiger partial charge in [0, 0.05) is 22.2 Å². The standard InChI is InChI=1S/C19H17FN6O/c1-10-5-13(14-7-22-24-19(14)23-10)17-16-9-27-11(2)8-26(16)25-18(17)15-4-3-12(20)6-21-15/h3-7,11H,8-9H2,1-2H3,(H,22,23,24)/t11-/m0/s1. The summed E-state index contributed by atoms with van der Waals surface area (Å²) in [4.78, 5) is 8.76. The van der Waals surface area contributed by atoms with Gasteiger partial charge in [-0.2, -0.15) is 10.2 Å². The van der Waals surface area contributed by atoms with Crippen molar-refractivity contribution >= 4 is 11.0 Å². The van der Waals surface area contributed by atoms with E-state index in [-0.39, 0.29) is 11.9 Å². The molecule has 0 fully saturated rings. The second-order valence-corrected chi connectivity index (χ2v) is 6.78. The van der Waals surface area contributed by atoms with Crippen LogP contribution in [0.3, 0.4) is 0 Å². The molecule has 0 saturated carbocycles. The van der Waals surface area contributed by atoms with E-state index < -0.39 is 0 Å². The molecule has 4 aromatic rings. The van der Waals surface area contributed by atoms with Crippen molar-refractivity contribution in [3.05, 3.63) is 47.8 Å². The number of H-pyrrole nitrogens is 1. The Morgan fingerprint density at radius 2 is 2.19 bits per heavy atom. The highest BCUT2D eigenvalue weighted by Gasteiger charge is 2.27. The van der Waals surface area contributed by atoms with Gasteiger partial charge in [0.05, 0.1) is 43.0 Å². The Morgan fingerprint density at radius 3 is 3.00 bits per heavy atom. The molecule has 5 heterocycles. The third kappa shape index (κ3) is 2.60. The first-order chi connectivity index (χ1) is 13.1. The quantitative estimate of drug-likeness (QED) is 0.590. The SMILES string of the molecule is Cc1cc(-c2c(-c3ccc(F)cn3)nn3c2CO[C@@H](C)C3)c2cn[nH]c2n1. The van der Waals surface area contributed by atoms with E-state index in [4.69, 9.17) is 9.84 Å². The van der Waals surface area contributed by atoms with Crippen molar-refractivity contribution in [3.63, 3.8) is 0 Å². The molecular weight excluding hydrogens is 347 g/mol. The number of aryl methyl sites for hydroxylation is 1. The maximum atomic E-state index is 13.4. The highest BCUT2D eigenvalue weighted by molar-refractivity contribution is 5.97. The second kappa shape index (κ2) is 5.95. The summed E-state index contributed by atoms with van der Waals surface area (Å²) in [7, 11) is 0. The number of aromatic nitrogens is 6. The summed E-state index contributed by atoms with van der Waals surface area (Å²) in [6.07, 6.45) is 3.05. The predicted octanol–water partition coefficient (Wildman–Crippen LogP) is 3.25. The van der Waals surface area contributed by atoms with E-state index in [2.05, 4.69) is 20.2 Å². The first-order valence-electron chi connectivity index (χ1n) is 8.74. The summed E-state index contributed by atoms with van der Waals surface area (Å²) in [6, 6.07) is 5.06. The molecule has 136 valence electrons. The molecule has 4 aromatic heterocycles. The lowest BCUT2D eigenvalue weighted by molar-refractivity contribution is 0.0128. The molecule has 1 N–H and O–H groups in total. The Hall–Kier alpha value is -3.13. The van der Waals surface area contributed by atoms with Crippen LogP contribution >= 0.6 is 0 Å². The van der Waals surface area contributed by atoms with Crippen molar-refractivity contribution in [2.75, 3.05) is 0 Å². The van der Waals surface area contributed by atoms with E-state index in [0.29, 0.717) is 30.2 Å². The van der Waals surface area contributed by atoms with E-state index >= 15 is 0 Å². The first kappa shape index (κ1) is 16.1. The monoisotopic (exact) mass is 364 g/mol. The average Bonchev–Trinajstić information content (AvgIpc) is 3.25. The minimum Gasteiger partial charge on any atom is -0.370 e. The minimum atomic E-state index is -0.377. The molecule has 1 aliphatic rings. The van der Waals surface area contributed by atoms with Gasteiger partial charge in [-0.1, -0.05) is 0 Å². The van der Waals surface area contributed by atoms with Crippen LogP contribution in [0.5, 0.6) is 0 Å². The summed E-state index contributed by atoms with van der Waals surface area (Å²) in [5, 5.41) is 12.8. The molecule has 27 heavy (non-hydrogen) atoms. The lowest BCUT2D eigenvalue weighted by Gasteiger charge is -2.21. The Morgan fingerprint density at radius 1 is 1.30 bits per heavy atom. The topological polar surface area (TPSA) is 81.5 Å². The van der Waals surface area contributed by atoms with E-state index in [9.17, 15) is 4.39 Å². The molecule has 0 saturated heterocycles. The largest absolute Gasteiger partial charge is 0.370 e. The fraction of sp³-hybridized carbons (Fsp3) is 0.263. The van der Waals surface area contributed by atoms with Crippen LogP contribution in [0.15, 0.2) is 30.6 Å². The minimum absolute atomic E-state index is 0.0763. The molecule has 7 nitrogen and oxygen atoms in total. The van der Waals surface area contributed by atoms with Crippen molar-refractivity contribution in [1.29, 1.82) is 0 Å². The fourth-order valence-corrected chi connectivity index (χ4v) is 3.55. The van der Waals surface area contributed by atoms with Crippen LogP contribution in [-0.4, -0.2) is 36.0 Å². The maximum Gasteiger partial charge on any atom is 0.155 e.